The Morgan fingerprint density at radius 2 is 2.04 bits per heavy atom. The van der Waals surface area contributed by atoms with Gasteiger partial charge in [-0.2, -0.15) is 0 Å². The SMILES string of the molecule is CCCCC/C=C/C(C)(C)c1cc(O)c2c(c1)OC(C)(C)C1CCC(=O)CC21. The molecule has 0 saturated heterocycles. The first kappa shape index (κ1) is 21.0. The number of carbonyl (C=O) groups excluding carboxylic acids is 1. The van der Waals surface area contributed by atoms with Gasteiger partial charge in [-0.1, -0.05) is 45.8 Å². The van der Waals surface area contributed by atoms with E-state index in [1.165, 1.54) is 19.3 Å². The van der Waals surface area contributed by atoms with Crippen LogP contribution in [0.3, 0.4) is 0 Å². The summed E-state index contributed by atoms with van der Waals surface area (Å²) in [5.41, 5.74) is 1.37. The quantitative estimate of drug-likeness (QED) is 0.454. The summed E-state index contributed by atoms with van der Waals surface area (Å²) in [6, 6.07) is 3.97. The molecule has 0 amide bonds. The third-order valence-corrected chi connectivity index (χ3v) is 6.68. The number of hydrogen-bond donors (Lipinski definition) is 1. The Bertz CT molecular complexity index is 757. The van der Waals surface area contributed by atoms with Gasteiger partial charge in [-0.15, -0.1) is 0 Å². The fourth-order valence-corrected chi connectivity index (χ4v) is 4.93. The van der Waals surface area contributed by atoms with Gasteiger partial charge in [0.1, 0.15) is 22.9 Å². The summed E-state index contributed by atoms with van der Waals surface area (Å²) in [6.45, 7) is 10.8. The van der Waals surface area contributed by atoms with Crippen molar-refractivity contribution in [3.63, 3.8) is 0 Å². The molecule has 1 aliphatic carbocycles. The normalized spacial score (nSPS) is 24.0. The molecular formula is C25H36O3. The van der Waals surface area contributed by atoms with Crippen LogP contribution in [-0.2, 0) is 10.2 Å². The van der Waals surface area contributed by atoms with Crippen LogP contribution in [0.15, 0.2) is 24.3 Å². The van der Waals surface area contributed by atoms with Gasteiger partial charge >= 0.3 is 0 Å². The lowest BCUT2D eigenvalue weighted by molar-refractivity contribution is -0.124. The van der Waals surface area contributed by atoms with E-state index >= 15 is 0 Å². The van der Waals surface area contributed by atoms with Crippen LogP contribution < -0.4 is 4.74 Å². The molecule has 1 aromatic rings. The highest BCUT2D eigenvalue weighted by molar-refractivity contribution is 5.81. The summed E-state index contributed by atoms with van der Waals surface area (Å²) < 4.78 is 6.40. The number of Topliss-reactive ketones (excluding diaryl/α,β-unsaturated/α-hetero) is 1. The number of allylic oxidation sites excluding steroid dienone is 2. The summed E-state index contributed by atoms with van der Waals surface area (Å²) in [7, 11) is 0. The maximum Gasteiger partial charge on any atom is 0.133 e. The standard InChI is InChI=1S/C25H36O3/c1-6-7-8-9-10-13-24(2,3)17-14-21(27)23-19-16-18(26)11-12-20(19)25(4,5)28-22(23)15-17/h10,13-15,19-20,27H,6-9,11-12,16H2,1-5H3/b13-10+. The van der Waals surface area contributed by atoms with Crippen molar-refractivity contribution in [3.8, 4) is 11.5 Å². The molecule has 1 aromatic carbocycles. The van der Waals surface area contributed by atoms with Crippen molar-refractivity contribution in [3.05, 3.63) is 35.4 Å². The molecule has 154 valence electrons. The molecule has 1 fully saturated rings. The molecular weight excluding hydrogens is 348 g/mol. The number of aromatic hydroxyl groups is 1. The number of phenolic OH excluding ortho intramolecular Hbond substituents is 1. The molecule has 2 unspecified atom stereocenters. The van der Waals surface area contributed by atoms with E-state index in [0.717, 1.165) is 29.7 Å². The Kier molecular flexibility index (Phi) is 5.93. The molecule has 2 aliphatic rings. The van der Waals surface area contributed by atoms with Gasteiger partial charge in [-0.3, -0.25) is 4.79 Å². The molecule has 3 rings (SSSR count). The highest BCUT2D eigenvalue weighted by atomic mass is 16.5. The predicted octanol–water partition coefficient (Wildman–Crippen LogP) is 6.43. The van der Waals surface area contributed by atoms with E-state index in [1.807, 2.05) is 6.07 Å². The highest BCUT2D eigenvalue weighted by Crippen LogP contribution is 2.54. The zero-order valence-corrected chi connectivity index (χ0v) is 18.2. The lowest BCUT2D eigenvalue weighted by atomic mass is 9.66. The van der Waals surface area contributed by atoms with Gasteiger partial charge in [-0.05, 0) is 50.8 Å². The lowest BCUT2D eigenvalue weighted by Gasteiger charge is -2.47. The largest absolute Gasteiger partial charge is 0.508 e. The molecule has 0 radical (unpaired) electrons. The zero-order chi connectivity index (χ0) is 20.5. The van der Waals surface area contributed by atoms with E-state index in [0.29, 0.717) is 18.6 Å². The topological polar surface area (TPSA) is 46.5 Å². The lowest BCUT2D eigenvalue weighted by Crippen LogP contribution is -2.47. The summed E-state index contributed by atoms with van der Waals surface area (Å²) in [6.07, 6.45) is 11.3. The van der Waals surface area contributed by atoms with Crippen molar-refractivity contribution >= 4 is 5.78 Å². The van der Waals surface area contributed by atoms with E-state index in [2.05, 4.69) is 52.8 Å². The fraction of sp³-hybridized carbons (Fsp3) is 0.640. The van der Waals surface area contributed by atoms with Crippen molar-refractivity contribution in [2.75, 3.05) is 0 Å². The molecule has 3 heteroatoms. The van der Waals surface area contributed by atoms with Crippen LogP contribution in [0.1, 0.15) is 96.6 Å². The summed E-state index contributed by atoms with van der Waals surface area (Å²) in [4.78, 5) is 12.1. The van der Waals surface area contributed by atoms with Crippen LogP contribution in [0.5, 0.6) is 11.5 Å². The number of unbranched alkanes of at least 4 members (excludes halogenated alkanes) is 3. The van der Waals surface area contributed by atoms with Crippen LogP contribution >= 0.6 is 0 Å². The first-order valence-electron chi connectivity index (χ1n) is 10.9. The smallest absolute Gasteiger partial charge is 0.133 e. The van der Waals surface area contributed by atoms with Crippen LogP contribution in [-0.4, -0.2) is 16.5 Å². The van der Waals surface area contributed by atoms with E-state index in [1.54, 1.807) is 0 Å². The Labute approximate surface area is 170 Å². The minimum Gasteiger partial charge on any atom is -0.508 e. The molecule has 1 heterocycles. The van der Waals surface area contributed by atoms with Gasteiger partial charge in [0.25, 0.3) is 0 Å². The van der Waals surface area contributed by atoms with Crippen molar-refractivity contribution < 1.29 is 14.6 Å². The van der Waals surface area contributed by atoms with E-state index in [4.69, 9.17) is 4.74 Å². The first-order chi connectivity index (χ1) is 13.2. The van der Waals surface area contributed by atoms with Gasteiger partial charge in [0.05, 0.1) is 0 Å². The number of ether oxygens (including phenoxy) is 1. The second-order valence-corrected chi connectivity index (χ2v) is 9.73. The second kappa shape index (κ2) is 7.93. The molecule has 0 spiro atoms. The predicted molar refractivity (Wildman–Crippen MR) is 114 cm³/mol. The summed E-state index contributed by atoms with van der Waals surface area (Å²) in [5.74, 6) is 1.65. The summed E-state index contributed by atoms with van der Waals surface area (Å²) in [5, 5.41) is 10.9. The number of ketones is 1. The molecule has 1 aliphatic heterocycles. The second-order valence-electron chi connectivity index (χ2n) is 9.73. The number of carbonyl (C=O) groups is 1. The molecule has 3 nitrogen and oxygen atoms in total. The first-order valence-corrected chi connectivity index (χ1v) is 10.9. The molecule has 28 heavy (non-hydrogen) atoms. The van der Waals surface area contributed by atoms with Crippen molar-refractivity contribution in [2.24, 2.45) is 5.92 Å². The zero-order valence-electron chi connectivity index (χ0n) is 18.2. The number of hydrogen-bond acceptors (Lipinski definition) is 3. The number of fused-ring (bicyclic) bond motifs is 3. The molecule has 1 saturated carbocycles. The molecule has 0 aromatic heterocycles. The van der Waals surface area contributed by atoms with Crippen LogP contribution in [0.4, 0.5) is 0 Å². The average molecular weight is 385 g/mol. The van der Waals surface area contributed by atoms with Crippen molar-refractivity contribution in [2.45, 2.75) is 96.5 Å². The minimum atomic E-state index is -0.330. The minimum absolute atomic E-state index is 0.0572. The number of phenols is 1. The van der Waals surface area contributed by atoms with Crippen LogP contribution in [0.2, 0.25) is 0 Å². The van der Waals surface area contributed by atoms with Crippen LogP contribution in [0, 0.1) is 5.92 Å². The number of benzene rings is 1. The van der Waals surface area contributed by atoms with Gasteiger partial charge in [-0.25, -0.2) is 0 Å². The van der Waals surface area contributed by atoms with E-state index in [9.17, 15) is 9.90 Å². The Morgan fingerprint density at radius 1 is 1.29 bits per heavy atom. The van der Waals surface area contributed by atoms with Gasteiger partial charge in [0.15, 0.2) is 0 Å². The van der Waals surface area contributed by atoms with E-state index < -0.39 is 0 Å². The van der Waals surface area contributed by atoms with Gasteiger partial charge in [0.2, 0.25) is 0 Å². The molecule has 0 bridgehead atoms. The van der Waals surface area contributed by atoms with Crippen LogP contribution in [0.25, 0.3) is 0 Å². The van der Waals surface area contributed by atoms with Gasteiger partial charge < -0.3 is 9.84 Å². The molecule has 2 atom stereocenters. The van der Waals surface area contributed by atoms with Crippen molar-refractivity contribution in [1.29, 1.82) is 0 Å². The van der Waals surface area contributed by atoms with E-state index in [-0.39, 0.29) is 28.6 Å². The maximum absolute atomic E-state index is 12.1. The monoisotopic (exact) mass is 384 g/mol. The Hall–Kier alpha value is -1.77. The highest BCUT2D eigenvalue weighted by Gasteiger charge is 2.47. The summed E-state index contributed by atoms with van der Waals surface area (Å²) >= 11 is 0. The molecule has 1 N–H and O–H groups in total. The third-order valence-electron chi connectivity index (χ3n) is 6.68. The Morgan fingerprint density at radius 3 is 2.75 bits per heavy atom. The average Bonchev–Trinajstić information content (AvgIpc) is 2.60. The van der Waals surface area contributed by atoms with Crippen molar-refractivity contribution in [1.82, 2.24) is 0 Å². The number of rotatable bonds is 6. The third kappa shape index (κ3) is 4.14. The maximum atomic E-state index is 12.1. The Balaban J connectivity index is 1.92. The van der Waals surface area contributed by atoms with Gasteiger partial charge in [0, 0.05) is 35.7 Å². The fourth-order valence-electron chi connectivity index (χ4n) is 4.93.